The molecule has 1 atom stereocenters. The molecular formula is C15H23N5O. The predicted molar refractivity (Wildman–Crippen MR) is 81.1 cm³/mol. The van der Waals surface area contributed by atoms with Gasteiger partial charge >= 0.3 is 0 Å². The number of hydrogen-bond acceptors (Lipinski definition) is 3. The van der Waals surface area contributed by atoms with Gasteiger partial charge in [-0.3, -0.25) is 4.79 Å². The van der Waals surface area contributed by atoms with Gasteiger partial charge in [-0.25, -0.2) is 4.68 Å². The van der Waals surface area contributed by atoms with E-state index in [1.807, 2.05) is 40.1 Å². The van der Waals surface area contributed by atoms with Crippen LogP contribution in [0.25, 0.3) is 0 Å². The first kappa shape index (κ1) is 15.3. The number of aryl methyl sites for hydroxylation is 2. The molecule has 0 aliphatic carbocycles. The summed E-state index contributed by atoms with van der Waals surface area (Å²) in [7, 11) is 2.03. The molecule has 0 unspecified atom stereocenters. The highest BCUT2D eigenvalue weighted by atomic mass is 16.2. The van der Waals surface area contributed by atoms with Crippen molar-refractivity contribution in [2.24, 2.45) is 7.05 Å². The molecule has 2 aromatic rings. The molecule has 2 rings (SSSR count). The van der Waals surface area contributed by atoms with E-state index < -0.39 is 0 Å². The van der Waals surface area contributed by atoms with Gasteiger partial charge in [0, 0.05) is 31.0 Å². The van der Waals surface area contributed by atoms with Gasteiger partial charge in [0.1, 0.15) is 0 Å². The molecular weight excluding hydrogens is 266 g/mol. The Morgan fingerprint density at radius 3 is 2.71 bits per heavy atom. The Morgan fingerprint density at radius 2 is 2.14 bits per heavy atom. The zero-order valence-corrected chi connectivity index (χ0v) is 13.1. The quantitative estimate of drug-likeness (QED) is 0.884. The maximum absolute atomic E-state index is 12.1. The van der Waals surface area contributed by atoms with Gasteiger partial charge < -0.3 is 9.88 Å². The van der Waals surface area contributed by atoms with Crippen LogP contribution in [0.4, 0.5) is 0 Å². The van der Waals surface area contributed by atoms with Crippen molar-refractivity contribution in [2.45, 2.75) is 45.7 Å². The molecule has 0 saturated carbocycles. The second-order valence-electron chi connectivity index (χ2n) is 5.70. The number of carbonyl (C=O) groups is 1. The van der Waals surface area contributed by atoms with Crippen molar-refractivity contribution in [1.29, 1.82) is 0 Å². The van der Waals surface area contributed by atoms with Crippen LogP contribution in [0.5, 0.6) is 0 Å². The lowest BCUT2D eigenvalue weighted by Gasteiger charge is -2.13. The SMILES string of the molecule is CC(C)n1cc(C(=O)N[C@@H](C)CCc2cccn2C)nn1. The molecule has 0 aromatic carbocycles. The molecule has 0 aliphatic heterocycles. The predicted octanol–water partition coefficient (Wildman–Crippen LogP) is 1.95. The Morgan fingerprint density at radius 1 is 1.38 bits per heavy atom. The standard InChI is InChI=1S/C15H23N5O/c1-11(2)20-10-14(17-18-20)15(21)16-12(3)7-8-13-6-5-9-19(13)4/h5-6,9-12H,7-8H2,1-4H3,(H,16,21)/t12-/m0/s1. The zero-order chi connectivity index (χ0) is 15.4. The van der Waals surface area contributed by atoms with Crippen LogP contribution >= 0.6 is 0 Å². The first-order valence-electron chi connectivity index (χ1n) is 7.30. The molecule has 0 bridgehead atoms. The Bertz CT molecular complexity index is 599. The second-order valence-corrected chi connectivity index (χ2v) is 5.70. The summed E-state index contributed by atoms with van der Waals surface area (Å²) in [5.41, 5.74) is 1.64. The van der Waals surface area contributed by atoms with Crippen molar-refractivity contribution in [1.82, 2.24) is 24.9 Å². The van der Waals surface area contributed by atoms with Crippen LogP contribution < -0.4 is 5.32 Å². The lowest BCUT2D eigenvalue weighted by molar-refractivity contribution is 0.0933. The fourth-order valence-corrected chi connectivity index (χ4v) is 2.12. The van der Waals surface area contributed by atoms with Crippen LogP contribution in [-0.2, 0) is 13.5 Å². The molecule has 0 fully saturated rings. The third kappa shape index (κ3) is 3.93. The Hall–Kier alpha value is -2.11. The van der Waals surface area contributed by atoms with Crippen molar-refractivity contribution in [3.8, 4) is 0 Å². The highest BCUT2D eigenvalue weighted by Crippen LogP contribution is 2.07. The fraction of sp³-hybridized carbons (Fsp3) is 0.533. The summed E-state index contributed by atoms with van der Waals surface area (Å²) >= 11 is 0. The smallest absolute Gasteiger partial charge is 0.273 e. The van der Waals surface area contributed by atoms with Gasteiger partial charge in [0.05, 0.1) is 6.20 Å². The second kappa shape index (κ2) is 6.56. The molecule has 1 N–H and O–H groups in total. The number of nitrogens with one attached hydrogen (secondary N) is 1. The Labute approximate surface area is 125 Å². The van der Waals surface area contributed by atoms with Crippen LogP contribution in [0.2, 0.25) is 0 Å². The fourth-order valence-electron chi connectivity index (χ4n) is 2.12. The first-order valence-corrected chi connectivity index (χ1v) is 7.30. The lowest BCUT2D eigenvalue weighted by Crippen LogP contribution is -2.33. The Balaban J connectivity index is 1.85. The number of nitrogens with zero attached hydrogens (tertiary/aromatic N) is 4. The summed E-state index contributed by atoms with van der Waals surface area (Å²) in [5.74, 6) is -0.165. The molecule has 6 nitrogen and oxygen atoms in total. The summed E-state index contributed by atoms with van der Waals surface area (Å²) in [4.78, 5) is 12.1. The van der Waals surface area contributed by atoms with E-state index in [0.717, 1.165) is 12.8 Å². The van der Waals surface area contributed by atoms with Crippen LogP contribution in [0.1, 0.15) is 49.4 Å². The zero-order valence-electron chi connectivity index (χ0n) is 13.1. The van der Waals surface area contributed by atoms with Gasteiger partial charge in [-0.2, -0.15) is 0 Å². The number of carbonyl (C=O) groups excluding carboxylic acids is 1. The largest absolute Gasteiger partial charge is 0.354 e. The summed E-state index contributed by atoms with van der Waals surface area (Å²) < 4.78 is 3.78. The van der Waals surface area contributed by atoms with Crippen molar-refractivity contribution in [3.05, 3.63) is 35.9 Å². The van der Waals surface area contributed by atoms with E-state index >= 15 is 0 Å². The van der Waals surface area contributed by atoms with E-state index in [-0.39, 0.29) is 18.0 Å². The molecule has 0 radical (unpaired) electrons. The Kier molecular flexibility index (Phi) is 4.77. The maximum Gasteiger partial charge on any atom is 0.273 e. The molecule has 114 valence electrons. The van der Waals surface area contributed by atoms with Gasteiger partial charge in [-0.1, -0.05) is 5.21 Å². The van der Waals surface area contributed by atoms with Gasteiger partial charge in [-0.05, 0) is 45.7 Å². The van der Waals surface area contributed by atoms with Crippen LogP contribution in [0.15, 0.2) is 24.5 Å². The third-order valence-electron chi connectivity index (χ3n) is 3.53. The van der Waals surface area contributed by atoms with E-state index in [0.29, 0.717) is 5.69 Å². The summed E-state index contributed by atoms with van der Waals surface area (Å²) in [5, 5.41) is 10.8. The molecule has 0 spiro atoms. The lowest BCUT2D eigenvalue weighted by atomic mass is 10.1. The number of hydrogen-bond donors (Lipinski definition) is 1. The van der Waals surface area contributed by atoms with Gasteiger partial charge in [-0.15, -0.1) is 5.10 Å². The van der Waals surface area contributed by atoms with Gasteiger partial charge in [0.15, 0.2) is 5.69 Å². The average Bonchev–Trinajstić information content (AvgIpc) is 3.05. The monoisotopic (exact) mass is 289 g/mol. The minimum absolute atomic E-state index is 0.0941. The highest BCUT2D eigenvalue weighted by molar-refractivity contribution is 5.92. The highest BCUT2D eigenvalue weighted by Gasteiger charge is 2.14. The average molecular weight is 289 g/mol. The van der Waals surface area contributed by atoms with E-state index in [2.05, 4.69) is 26.3 Å². The van der Waals surface area contributed by atoms with Gasteiger partial charge in [0.2, 0.25) is 0 Å². The molecule has 0 saturated heterocycles. The molecule has 21 heavy (non-hydrogen) atoms. The molecule has 1 amide bonds. The minimum Gasteiger partial charge on any atom is -0.354 e. The van der Waals surface area contributed by atoms with E-state index in [1.54, 1.807) is 10.9 Å². The van der Waals surface area contributed by atoms with Gasteiger partial charge in [0.25, 0.3) is 5.91 Å². The van der Waals surface area contributed by atoms with Crippen molar-refractivity contribution in [3.63, 3.8) is 0 Å². The molecule has 2 aromatic heterocycles. The molecule has 6 heteroatoms. The van der Waals surface area contributed by atoms with E-state index in [1.165, 1.54) is 5.69 Å². The van der Waals surface area contributed by atoms with E-state index in [4.69, 9.17) is 0 Å². The van der Waals surface area contributed by atoms with Crippen molar-refractivity contribution in [2.75, 3.05) is 0 Å². The van der Waals surface area contributed by atoms with Crippen LogP contribution in [0.3, 0.4) is 0 Å². The topological polar surface area (TPSA) is 64.7 Å². The summed E-state index contributed by atoms with van der Waals surface area (Å²) in [6.07, 6.45) is 5.54. The first-order chi connectivity index (χ1) is 9.97. The summed E-state index contributed by atoms with van der Waals surface area (Å²) in [6.45, 7) is 6.01. The molecule has 2 heterocycles. The van der Waals surface area contributed by atoms with Crippen molar-refractivity contribution < 1.29 is 4.79 Å². The minimum atomic E-state index is -0.165. The van der Waals surface area contributed by atoms with E-state index in [9.17, 15) is 4.79 Å². The number of rotatable bonds is 6. The maximum atomic E-state index is 12.1. The number of amides is 1. The third-order valence-corrected chi connectivity index (χ3v) is 3.53. The number of aromatic nitrogens is 4. The van der Waals surface area contributed by atoms with Crippen LogP contribution in [0, 0.1) is 0 Å². The normalized spacial score (nSPS) is 12.6. The van der Waals surface area contributed by atoms with Crippen molar-refractivity contribution >= 4 is 5.91 Å². The summed E-state index contributed by atoms with van der Waals surface area (Å²) in [6, 6.07) is 4.43. The molecule has 0 aliphatic rings. The van der Waals surface area contributed by atoms with Crippen LogP contribution in [-0.4, -0.2) is 31.5 Å².